The second-order valence-corrected chi connectivity index (χ2v) is 5.75. The van der Waals surface area contributed by atoms with Crippen molar-refractivity contribution in [1.29, 1.82) is 0 Å². The van der Waals surface area contributed by atoms with Crippen LogP contribution in [0.1, 0.15) is 51.5 Å². The van der Waals surface area contributed by atoms with Crippen LogP contribution < -0.4 is 0 Å². The van der Waals surface area contributed by atoms with Crippen LogP contribution in [0.5, 0.6) is 0 Å². The molecule has 24 heavy (non-hydrogen) atoms. The van der Waals surface area contributed by atoms with Crippen molar-refractivity contribution in [2.24, 2.45) is 0 Å². The summed E-state index contributed by atoms with van der Waals surface area (Å²) in [5, 5.41) is 0. The summed E-state index contributed by atoms with van der Waals surface area (Å²) in [5.74, 6) is 2.02. The van der Waals surface area contributed by atoms with E-state index >= 15 is 0 Å². The first kappa shape index (κ1) is 14.5. The first-order valence-electron chi connectivity index (χ1n) is 7.82. The number of imidazole rings is 1. The van der Waals surface area contributed by atoms with Crippen LogP contribution in [0.15, 0.2) is 24.5 Å². The van der Waals surface area contributed by atoms with E-state index in [4.69, 9.17) is 11.2 Å². The molecule has 1 atom stereocenters. The minimum atomic E-state index is -0.464. The zero-order chi connectivity index (χ0) is 16.8. The summed E-state index contributed by atoms with van der Waals surface area (Å²) in [5.41, 5.74) is 2.84. The highest BCUT2D eigenvalue weighted by atomic mass is 16.5. The normalized spacial score (nSPS) is 17.8. The lowest BCUT2D eigenvalue weighted by Gasteiger charge is -2.39. The van der Waals surface area contributed by atoms with E-state index in [0.29, 0.717) is 29.1 Å². The molecule has 0 saturated carbocycles. The van der Waals surface area contributed by atoms with Crippen LogP contribution in [0.2, 0.25) is 0 Å². The lowest BCUT2D eigenvalue weighted by atomic mass is 9.97. The third-order valence-electron chi connectivity index (χ3n) is 4.52. The highest BCUT2D eigenvalue weighted by Gasteiger charge is 2.42. The van der Waals surface area contributed by atoms with E-state index in [0.717, 1.165) is 6.42 Å². The van der Waals surface area contributed by atoms with Gasteiger partial charge in [-0.1, -0.05) is 5.92 Å². The molecule has 0 aliphatic carbocycles. The summed E-state index contributed by atoms with van der Waals surface area (Å²) in [4.78, 5) is 31.1. The molecular formula is C18H15N3O3. The Labute approximate surface area is 139 Å². The summed E-state index contributed by atoms with van der Waals surface area (Å²) in [7, 11) is 0. The predicted octanol–water partition coefficient (Wildman–Crippen LogP) is 1.93. The number of nitrogens with zero attached hydrogens (tertiary/aromatic N) is 3. The van der Waals surface area contributed by atoms with Crippen molar-refractivity contribution in [2.45, 2.75) is 19.4 Å². The fourth-order valence-electron chi connectivity index (χ4n) is 3.30. The highest BCUT2D eigenvalue weighted by Crippen LogP contribution is 2.41. The van der Waals surface area contributed by atoms with Gasteiger partial charge in [0.1, 0.15) is 6.33 Å². The summed E-state index contributed by atoms with van der Waals surface area (Å²) in [6.45, 7) is 2.68. The fraction of sp³-hybridized carbons (Fsp3) is 0.278. The molecule has 1 aromatic carbocycles. The van der Waals surface area contributed by atoms with Gasteiger partial charge in [0.25, 0.3) is 5.91 Å². The molecule has 1 saturated heterocycles. The molecule has 1 amide bonds. The summed E-state index contributed by atoms with van der Waals surface area (Å²) >= 11 is 0. The second kappa shape index (κ2) is 5.24. The minimum Gasteiger partial charge on any atom is -0.461 e. The number of carbonyl (C=O) groups is 2. The van der Waals surface area contributed by atoms with E-state index in [1.165, 1.54) is 0 Å². The molecule has 0 unspecified atom stereocenters. The number of esters is 1. The Kier molecular flexibility index (Phi) is 3.17. The number of rotatable bonds is 2. The summed E-state index contributed by atoms with van der Waals surface area (Å²) < 4.78 is 6.92. The Morgan fingerprint density at radius 2 is 2.33 bits per heavy atom. The molecule has 2 aliphatic rings. The third-order valence-corrected chi connectivity index (χ3v) is 4.52. The van der Waals surface area contributed by atoms with Gasteiger partial charge in [-0.15, -0.1) is 6.42 Å². The number of terminal acetylenes is 1. The maximum atomic E-state index is 12.8. The lowest BCUT2D eigenvalue weighted by molar-refractivity contribution is 0.0428. The molecule has 120 valence electrons. The molecule has 2 aliphatic heterocycles. The fourth-order valence-corrected chi connectivity index (χ4v) is 3.30. The second-order valence-electron chi connectivity index (χ2n) is 5.75. The van der Waals surface area contributed by atoms with Crippen molar-refractivity contribution in [3.05, 3.63) is 47.0 Å². The molecule has 0 N–H and O–H groups in total. The molecule has 2 aromatic rings. The van der Waals surface area contributed by atoms with Crippen molar-refractivity contribution < 1.29 is 14.3 Å². The van der Waals surface area contributed by atoms with Crippen LogP contribution in [0, 0.1) is 12.3 Å². The number of ether oxygens (including phenoxy) is 1. The standard InChI is InChI=1S/C18H15N3O3/c1-3-11-5-6-13-12(9-11)17(22)20-8-7-14(20)16-15(18(23)24-4-2)19-10-21(13)16/h1,5-6,9-10,14H,4,7-8H2,2H3/t14-/m1/s1. The maximum Gasteiger partial charge on any atom is 0.358 e. The van der Waals surface area contributed by atoms with Gasteiger partial charge in [0.05, 0.1) is 29.6 Å². The Hall–Kier alpha value is -3.07. The SMILES string of the molecule is C#Cc1ccc2c(c1)C(=O)N1CC[C@@H]1c1c(C(=O)OCC)ncn1-2. The highest BCUT2D eigenvalue weighted by molar-refractivity contribution is 6.00. The van der Waals surface area contributed by atoms with E-state index in [-0.39, 0.29) is 24.2 Å². The third kappa shape index (κ3) is 1.88. The summed E-state index contributed by atoms with van der Waals surface area (Å²) in [6.07, 6.45) is 7.83. The van der Waals surface area contributed by atoms with E-state index in [9.17, 15) is 9.59 Å². The van der Waals surface area contributed by atoms with Crippen molar-refractivity contribution in [1.82, 2.24) is 14.5 Å². The van der Waals surface area contributed by atoms with Crippen molar-refractivity contribution in [3.8, 4) is 18.0 Å². The van der Waals surface area contributed by atoms with Gasteiger partial charge in [-0.2, -0.15) is 0 Å². The number of benzene rings is 1. The van der Waals surface area contributed by atoms with Gasteiger partial charge in [0.15, 0.2) is 5.69 Å². The van der Waals surface area contributed by atoms with Crippen LogP contribution in [0.3, 0.4) is 0 Å². The largest absolute Gasteiger partial charge is 0.461 e. The van der Waals surface area contributed by atoms with Gasteiger partial charge >= 0.3 is 5.97 Å². The average molecular weight is 321 g/mol. The van der Waals surface area contributed by atoms with E-state index in [1.807, 2.05) is 4.57 Å². The number of hydrogen-bond donors (Lipinski definition) is 0. The van der Waals surface area contributed by atoms with Crippen LogP contribution in [0.25, 0.3) is 5.69 Å². The predicted molar refractivity (Wildman–Crippen MR) is 85.9 cm³/mol. The van der Waals surface area contributed by atoms with Crippen molar-refractivity contribution in [3.63, 3.8) is 0 Å². The van der Waals surface area contributed by atoms with Crippen molar-refractivity contribution in [2.75, 3.05) is 13.2 Å². The first-order valence-corrected chi connectivity index (χ1v) is 7.82. The molecule has 0 spiro atoms. The van der Waals surface area contributed by atoms with Crippen LogP contribution in [-0.4, -0.2) is 39.5 Å². The quantitative estimate of drug-likeness (QED) is 0.626. The average Bonchev–Trinajstić information content (AvgIpc) is 2.95. The molecule has 6 nitrogen and oxygen atoms in total. The Morgan fingerprint density at radius 3 is 3.00 bits per heavy atom. The molecule has 4 rings (SSSR count). The van der Waals surface area contributed by atoms with E-state index < -0.39 is 5.97 Å². The smallest absolute Gasteiger partial charge is 0.358 e. The van der Waals surface area contributed by atoms with Crippen LogP contribution in [0.4, 0.5) is 0 Å². The molecule has 6 heteroatoms. The molecule has 1 fully saturated rings. The zero-order valence-electron chi connectivity index (χ0n) is 13.2. The Morgan fingerprint density at radius 1 is 1.50 bits per heavy atom. The molecule has 0 bridgehead atoms. The van der Waals surface area contributed by atoms with Gasteiger partial charge in [-0.05, 0) is 31.5 Å². The zero-order valence-corrected chi connectivity index (χ0v) is 13.2. The Balaban J connectivity index is 1.94. The number of aromatic nitrogens is 2. The minimum absolute atomic E-state index is 0.0724. The molecular weight excluding hydrogens is 306 g/mol. The molecule has 3 heterocycles. The van der Waals surface area contributed by atoms with Crippen LogP contribution in [-0.2, 0) is 4.74 Å². The van der Waals surface area contributed by atoms with Crippen LogP contribution >= 0.6 is 0 Å². The van der Waals surface area contributed by atoms with Gasteiger partial charge < -0.3 is 9.64 Å². The number of amides is 1. The molecule has 0 radical (unpaired) electrons. The van der Waals surface area contributed by atoms with E-state index in [1.54, 1.807) is 36.4 Å². The maximum absolute atomic E-state index is 12.8. The monoisotopic (exact) mass is 321 g/mol. The number of carbonyl (C=O) groups excluding carboxylic acids is 2. The van der Waals surface area contributed by atoms with Gasteiger partial charge in [0, 0.05) is 12.1 Å². The molecule has 1 aromatic heterocycles. The number of fused-ring (bicyclic) bond motifs is 5. The van der Waals surface area contributed by atoms with Gasteiger partial charge in [-0.25, -0.2) is 9.78 Å². The van der Waals surface area contributed by atoms with Gasteiger partial charge in [0.2, 0.25) is 0 Å². The van der Waals surface area contributed by atoms with Gasteiger partial charge in [-0.3, -0.25) is 9.36 Å². The van der Waals surface area contributed by atoms with E-state index in [2.05, 4.69) is 10.9 Å². The van der Waals surface area contributed by atoms with Crippen molar-refractivity contribution >= 4 is 11.9 Å². The topological polar surface area (TPSA) is 64.4 Å². The summed E-state index contributed by atoms with van der Waals surface area (Å²) in [6, 6.07) is 5.13. The number of hydrogen-bond acceptors (Lipinski definition) is 4. The first-order chi connectivity index (χ1) is 11.7. The Bertz CT molecular complexity index is 907. The lowest BCUT2D eigenvalue weighted by Crippen LogP contribution is -2.45.